The van der Waals surface area contributed by atoms with E-state index in [-0.39, 0.29) is 18.6 Å². The largest absolute Gasteiger partial charge is 0.411 e. The Hall–Kier alpha value is -1.37. The molecule has 0 saturated carbocycles. The third-order valence-corrected chi connectivity index (χ3v) is 1.43. The molecule has 0 aliphatic heterocycles. The lowest BCUT2D eigenvalue weighted by Crippen LogP contribution is -2.06. The minimum absolute atomic E-state index is 0. The fourth-order valence-corrected chi connectivity index (χ4v) is 0.793. The summed E-state index contributed by atoms with van der Waals surface area (Å²) < 4.78 is 62.6. The molecule has 0 aromatic heterocycles. The first-order chi connectivity index (χ1) is 6.50. The number of oxime groups is 1. The Morgan fingerprint density at radius 1 is 0.800 bits per heavy atom. The molecule has 0 amide bonds. The second-order valence-electron chi connectivity index (χ2n) is 2.23. The van der Waals surface area contributed by atoms with Crippen molar-refractivity contribution in [1.29, 1.82) is 0 Å². The monoisotopic (exact) mass is 247 g/mol. The summed E-state index contributed by atoms with van der Waals surface area (Å²) in [4.78, 5) is 0. The molecule has 0 unspecified atom stereocenters. The summed E-state index contributed by atoms with van der Waals surface area (Å²) in [5.74, 6) is -10.5. The van der Waals surface area contributed by atoms with E-state index in [4.69, 9.17) is 5.21 Å². The van der Waals surface area contributed by atoms with Crippen molar-refractivity contribution in [3.8, 4) is 0 Å². The molecule has 0 bridgehead atoms. The predicted octanol–water partition coefficient (Wildman–Crippen LogP) is 2.61. The molecule has 1 rings (SSSR count). The molecule has 15 heavy (non-hydrogen) atoms. The number of hydrogen-bond donors (Lipinski definition) is 1. The number of hydrogen-bond acceptors (Lipinski definition) is 2. The normalized spacial score (nSPS) is 10.5. The maximum atomic E-state index is 12.7. The number of halogens is 6. The van der Waals surface area contributed by atoms with E-state index in [2.05, 4.69) is 5.16 Å². The van der Waals surface area contributed by atoms with Crippen LogP contribution in [0.3, 0.4) is 0 Å². The molecule has 84 valence electrons. The van der Waals surface area contributed by atoms with Crippen LogP contribution in [0.1, 0.15) is 5.56 Å². The zero-order valence-electron chi connectivity index (χ0n) is 6.77. The third-order valence-electron chi connectivity index (χ3n) is 1.43. The van der Waals surface area contributed by atoms with E-state index >= 15 is 0 Å². The predicted molar refractivity (Wildman–Crippen MR) is 42.9 cm³/mol. The van der Waals surface area contributed by atoms with E-state index in [0.29, 0.717) is 0 Å². The second-order valence-corrected chi connectivity index (χ2v) is 2.23. The molecule has 0 fully saturated rings. The van der Waals surface area contributed by atoms with Gasteiger partial charge in [0.25, 0.3) is 0 Å². The summed E-state index contributed by atoms with van der Waals surface area (Å²) in [5.41, 5.74) is -1.29. The van der Waals surface area contributed by atoms with Crippen molar-refractivity contribution in [2.45, 2.75) is 0 Å². The molecule has 0 heterocycles. The van der Waals surface area contributed by atoms with Gasteiger partial charge in [0.15, 0.2) is 23.3 Å². The maximum Gasteiger partial charge on any atom is 0.200 e. The minimum atomic E-state index is -2.25. The Morgan fingerprint density at radius 3 is 1.47 bits per heavy atom. The van der Waals surface area contributed by atoms with E-state index in [9.17, 15) is 22.0 Å². The van der Waals surface area contributed by atoms with Gasteiger partial charge < -0.3 is 5.21 Å². The van der Waals surface area contributed by atoms with Crippen molar-refractivity contribution in [1.82, 2.24) is 0 Å². The molecule has 0 atom stereocenters. The van der Waals surface area contributed by atoms with Crippen LogP contribution < -0.4 is 0 Å². The van der Waals surface area contributed by atoms with Crippen LogP contribution in [-0.4, -0.2) is 11.4 Å². The van der Waals surface area contributed by atoms with E-state index < -0.39 is 34.6 Å². The first-order valence-electron chi connectivity index (χ1n) is 3.19. The molecular formula is C7H3ClF5NO. The Labute approximate surface area is 86.4 Å². The highest BCUT2D eigenvalue weighted by molar-refractivity contribution is 5.85. The van der Waals surface area contributed by atoms with Crippen LogP contribution in [-0.2, 0) is 0 Å². The van der Waals surface area contributed by atoms with E-state index in [1.165, 1.54) is 0 Å². The molecule has 2 nitrogen and oxygen atoms in total. The molecule has 0 saturated heterocycles. The summed E-state index contributed by atoms with van der Waals surface area (Å²) in [5, 5.41) is 10.1. The van der Waals surface area contributed by atoms with Crippen molar-refractivity contribution in [3.05, 3.63) is 34.6 Å². The molecule has 0 spiro atoms. The van der Waals surface area contributed by atoms with Gasteiger partial charge in [-0.25, -0.2) is 22.0 Å². The van der Waals surface area contributed by atoms with E-state index in [1.807, 2.05) is 0 Å². The average Bonchev–Trinajstić information content (AvgIpc) is 2.19. The molecule has 1 aromatic carbocycles. The van der Waals surface area contributed by atoms with E-state index in [0.717, 1.165) is 0 Å². The third kappa shape index (κ3) is 2.17. The Morgan fingerprint density at radius 2 is 1.13 bits per heavy atom. The SMILES string of the molecule is Cl.ON=Cc1c(F)c(F)c(F)c(F)c1F. The van der Waals surface area contributed by atoms with Crippen molar-refractivity contribution < 1.29 is 27.2 Å². The summed E-state index contributed by atoms with van der Waals surface area (Å²) in [6.45, 7) is 0. The van der Waals surface area contributed by atoms with Crippen LogP contribution in [0.15, 0.2) is 5.16 Å². The molecule has 1 N–H and O–H groups in total. The van der Waals surface area contributed by atoms with Gasteiger partial charge in [-0.05, 0) is 0 Å². The minimum Gasteiger partial charge on any atom is -0.411 e. The van der Waals surface area contributed by atoms with Crippen LogP contribution >= 0.6 is 12.4 Å². The van der Waals surface area contributed by atoms with Crippen LogP contribution in [0.2, 0.25) is 0 Å². The van der Waals surface area contributed by atoms with Crippen molar-refractivity contribution in [2.75, 3.05) is 0 Å². The van der Waals surface area contributed by atoms with Gasteiger partial charge in [0.1, 0.15) is 0 Å². The zero-order chi connectivity index (χ0) is 10.9. The smallest absolute Gasteiger partial charge is 0.200 e. The second kappa shape index (κ2) is 4.92. The van der Waals surface area contributed by atoms with Gasteiger partial charge in [-0.3, -0.25) is 0 Å². The quantitative estimate of drug-likeness (QED) is 0.203. The first kappa shape index (κ1) is 13.6. The summed E-state index contributed by atoms with van der Waals surface area (Å²) in [6, 6.07) is 0. The average molecular weight is 248 g/mol. The zero-order valence-corrected chi connectivity index (χ0v) is 7.59. The molecule has 8 heteroatoms. The van der Waals surface area contributed by atoms with Gasteiger partial charge in [0.05, 0.1) is 11.8 Å². The lowest BCUT2D eigenvalue weighted by atomic mass is 10.2. The number of nitrogens with zero attached hydrogens (tertiary/aromatic N) is 1. The van der Waals surface area contributed by atoms with Gasteiger partial charge in [0, 0.05) is 0 Å². The standard InChI is InChI=1S/C7H2F5NO.ClH/c8-3-2(1-13-14)4(9)6(11)7(12)5(3)10;/h1,14H;1H. The molecular weight excluding hydrogens is 245 g/mol. The highest BCUT2D eigenvalue weighted by atomic mass is 35.5. The van der Waals surface area contributed by atoms with Gasteiger partial charge in [0.2, 0.25) is 5.82 Å². The fraction of sp³-hybridized carbons (Fsp3) is 0. The van der Waals surface area contributed by atoms with Crippen molar-refractivity contribution >= 4 is 18.6 Å². The first-order valence-corrected chi connectivity index (χ1v) is 3.19. The Balaban J connectivity index is 0.00000196. The summed E-state index contributed by atoms with van der Waals surface area (Å²) >= 11 is 0. The highest BCUT2D eigenvalue weighted by Gasteiger charge is 2.24. The Bertz CT molecular complexity index is 380. The lowest BCUT2D eigenvalue weighted by molar-refractivity contribution is 0.320. The van der Waals surface area contributed by atoms with Gasteiger partial charge in [-0.15, -0.1) is 12.4 Å². The van der Waals surface area contributed by atoms with Gasteiger partial charge >= 0.3 is 0 Å². The van der Waals surface area contributed by atoms with E-state index in [1.54, 1.807) is 0 Å². The van der Waals surface area contributed by atoms with Crippen molar-refractivity contribution in [3.63, 3.8) is 0 Å². The number of benzene rings is 1. The lowest BCUT2D eigenvalue weighted by Gasteiger charge is -2.02. The topological polar surface area (TPSA) is 32.6 Å². The number of rotatable bonds is 1. The van der Waals surface area contributed by atoms with Gasteiger partial charge in [-0.1, -0.05) is 5.16 Å². The highest BCUT2D eigenvalue weighted by Crippen LogP contribution is 2.21. The summed E-state index contributed by atoms with van der Waals surface area (Å²) in [6.07, 6.45) is 0.121. The maximum absolute atomic E-state index is 12.7. The van der Waals surface area contributed by atoms with Crippen LogP contribution in [0.4, 0.5) is 22.0 Å². The molecule has 0 aliphatic rings. The fourth-order valence-electron chi connectivity index (χ4n) is 0.793. The van der Waals surface area contributed by atoms with Crippen LogP contribution in [0.5, 0.6) is 0 Å². The summed E-state index contributed by atoms with van der Waals surface area (Å²) in [7, 11) is 0. The van der Waals surface area contributed by atoms with Crippen LogP contribution in [0, 0.1) is 29.1 Å². The molecule has 0 radical (unpaired) electrons. The Kier molecular flexibility index (Phi) is 4.47. The molecule has 1 aromatic rings. The van der Waals surface area contributed by atoms with Crippen molar-refractivity contribution in [2.24, 2.45) is 5.16 Å². The van der Waals surface area contributed by atoms with Crippen LogP contribution in [0.25, 0.3) is 0 Å². The molecule has 0 aliphatic carbocycles. The van der Waals surface area contributed by atoms with Gasteiger partial charge in [-0.2, -0.15) is 0 Å².